The highest BCUT2D eigenvalue weighted by Crippen LogP contribution is 2.27. The zero-order chi connectivity index (χ0) is 14.7. The molecule has 3 heteroatoms. The van der Waals surface area contributed by atoms with Crippen LogP contribution in [-0.2, 0) is 6.54 Å². The lowest BCUT2D eigenvalue weighted by Crippen LogP contribution is -2.28. The first-order valence-electron chi connectivity index (χ1n) is 8.08. The lowest BCUT2D eigenvalue weighted by atomic mass is 9.89. The second-order valence-corrected chi connectivity index (χ2v) is 6.25. The van der Waals surface area contributed by atoms with E-state index >= 15 is 0 Å². The van der Waals surface area contributed by atoms with Gasteiger partial charge in [-0.3, -0.25) is 0 Å². The highest BCUT2D eigenvalue weighted by molar-refractivity contribution is 5.81. The van der Waals surface area contributed by atoms with E-state index in [0.29, 0.717) is 6.54 Å². The van der Waals surface area contributed by atoms with Gasteiger partial charge in [-0.25, -0.2) is 4.98 Å². The third kappa shape index (κ3) is 3.18. The fourth-order valence-electron chi connectivity index (χ4n) is 3.47. The Morgan fingerprint density at radius 1 is 1.19 bits per heavy atom. The van der Waals surface area contributed by atoms with Crippen LogP contribution < -0.4 is 10.6 Å². The fraction of sp³-hybridized carbons (Fsp3) is 0.500. The van der Waals surface area contributed by atoms with Gasteiger partial charge in [-0.1, -0.05) is 37.5 Å². The van der Waals surface area contributed by atoms with Crippen molar-refractivity contribution < 1.29 is 0 Å². The molecule has 3 nitrogen and oxygen atoms in total. The number of nitrogens with two attached hydrogens (primary N) is 1. The minimum Gasteiger partial charge on any atom is -0.359 e. The predicted molar refractivity (Wildman–Crippen MR) is 89.5 cm³/mol. The number of anilines is 1. The normalized spacial score (nSPS) is 16.3. The Bertz CT molecular complexity index is 602. The van der Waals surface area contributed by atoms with Crippen LogP contribution in [0.3, 0.4) is 0 Å². The fourth-order valence-corrected chi connectivity index (χ4v) is 3.47. The van der Waals surface area contributed by atoms with Crippen LogP contribution in [0.1, 0.15) is 37.7 Å². The van der Waals surface area contributed by atoms with Crippen LogP contribution in [0.25, 0.3) is 10.9 Å². The summed E-state index contributed by atoms with van der Waals surface area (Å²) in [6.07, 6.45) is 6.88. The minimum absolute atomic E-state index is 0.544. The molecule has 0 radical (unpaired) electrons. The Hall–Kier alpha value is -1.61. The van der Waals surface area contributed by atoms with Crippen LogP contribution in [-0.4, -0.2) is 18.6 Å². The van der Waals surface area contributed by atoms with E-state index < -0.39 is 0 Å². The Morgan fingerprint density at radius 3 is 2.71 bits per heavy atom. The first kappa shape index (κ1) is 14.3. The number of fused-ring (bicyclic) bond motifs is 1. The molecule has 0 amide bonds. The topological polar surface area (TPSA) is 42.2 Å². The van der Waals surface area contributed by atoms with Crippen molar-refractivity contribution in [2.45, 2.75) is 38.6 Å². The van der Waals surface area contributed by atoms with Crippen LogP contribution in [0.5, 0.6) is 0 Å². The van der Waals surface area contributed by atoms with Crippen molar-refractivity contribution in [3.05, 3.63) is 35.9 Å². The molecule has 112 valence electrons. The number of hydrogen-bond donors (Lipinski definition) is 1. The lowest BCUT2D eigenvalue weighted by Gasteiger charge is -2.29. The first-order valence-corrected chi connectivity index (χ1v) is 8.08. The van der Waals surface area contributed by atoms with Crippen molar-refractivity contribution in [3.63, 3.8) is 0 Å². The molecular formula is C18H25N3. The zero-order valence-corrected chi connectivity index (χ0v) is 12.9. The standard InChI is InChI=1S/C18H25N3/c1-21(13-14-7-3-2-4-8-14)18-16(12-19)11-15-9-5-6-10-17(15)20-18/h5-6,9-11,14H,2-4,7-8,12-13,19H2,1H3. The van der Waals surface area contributed by atoms with Crippen LogP contribution in [0.15, 0.2) is 30.3 Å². The molecule has 1 aliphatic rings. The Balaban J connectivity index is 1.86. The van der Waals surface area contributed by atoms with Gasteiger partial charge in [0.2, 0.25) is 0 Å². The largest absolute Gasteiger partial charge is 0.359 e. The molecule has 0 atom stereocenters. The molecule has 2 aromatic rings. The lowest BCUT2D eigenvalue weighted by molar-refractivity contribution is 0.361. The van der Waals surface area contributed by atoms with Gasteiger partial charge in [0.1, 0.15) is 5.82 Å². The van der Waals surface area contributed by atoms with Gasteiger partial charge in [0.05, 0.1) is 5.52 Å². The molecule has 1 fully saturated rings. The maximum absolute atomic E-state index is 5.95. The van der Waals surface area contributed by atoms with E-state index in [-0.39, 0.29) is 0 Å². The first-order chi connectivity index (χ1) is 10.3. The maximum Gasteiger partial charge on any atom is 0.133 e. The van der Waals surface area contributed by atoms with E-state index in [1.807, 2.05) is 6.07 Å². The van der Waals surface area contributed by atoms with Crippen molar-refractivity contribution >= 4 is 16.7 Å². The smallest absolute Gasteiger partial charge is 0.133 e. The maximum atomic E-state index is 5.95. The summed E-state index contributed by atoms with van der Waals surface area (Å²) < 4.78 is 0. The molecule has 2 N–H and O–H groups in total. The molecule has 0 aliphatic heterocycles. The van der Waals surface area contributed by atoms with E-state index in [4.69, 9.17) is 10.7 Å². The van der Waals surface area contributed by atoms with Crippen LogP contribution in [0.4, 0.5) is 5.82 Å². The summed E-state index contributed by atoms with van der Waals surface area (Å²) >= 11 is 0. The van der Waals surface area contributed by atoms with Gasteiger partial charge in [0, 0.05) is 31.1 Å². The number of para-hydroxylation sites is 1. The number of rotatable bonds is 4. The second-order valence-electron chi connectivity index (χ2n) is 6.25. The summed E-state index contributed by atoms with van der Waals surface area (Å²) in [6, 6.07) is 10.5. The average Bonchev–Trinajstić information content (AvgIpc) is 2.54. The number of benzene rings is 1. The highest BCUT2D eigenvalue weighted by Gasteiger charge is 2.18. The molecule has 1 aromatic carbocycles. The van der Waals surface area contributed by atoms with E-state index in [2.05, 4.69) is 36.2 Å². The molecule has 0 unspecified atom stereocenters. The quantitative estimate of drug-likeness (QED) is 0.930. The molecule has 1 aliphatic carbocycles. The van der Waals surface area contributed by atoms with Gasteiger partial charge >= 0.3 is 0 Å². The molecule has 3 rings (SSSR count). The van der Waals surface area contributed by atoms with E-state index in [1.54, 1.807) is 0 Å². The zero-order valence-electron chi connectivity index (χ0n) is 12.9. The number of aromatic nitrogens is 1. The summed E-state index contributed by atoms with van der Waals surface area (Å²) in [5.74, 6) is 1.87. The van der Waals surface area contributed by atoms with Gasteiger partial charge in [0.25, 0.3) is 0 Å². The van der Waals surface area contributed by atoms with Crippen LogP contribution in [0, 0.1) is 5.92 Å². The molecule has 0 saturated heterocycles. The SMILES string of the molecule is CN(CC1CCCCC1)c1nc2ccccc2cc1CN. The monoisotopic (exact) mass is 283 g/mol. The second kappa shape index (κ2) is 6.44. The molecule has 1 heterocycles. The average molecular weight is 283 g/mol. The predicted octanol–water partition coefficient (Wildman–Crippen LogP) is 3.71. The Labute approximate surface area is 127 Å². The number of nitrogens with zero attached hydrogens (tertiary/aromatic N) is 2. The van der Waals surface area contributed by atoms with Gasteiger partial charge in [-0.2, -0.15) is 0 Å². The Kier molecular flexibility index (Phi) is 4.39. The summed E-state index contributed by atoms with van der Waals surface area (Å²) in [4.78, 5) is 7.17. The summed E-state index contributed by atoms with van der Waals surface area (Å²) in [6.45, 7) is 1.64. The summed E-state index contributed by atoms with van der Waals surface area (Å²) in [5.41, 5.74) is 8.15. The third-order valence-corrected chi connectivity index (χ3v) is 4.62. The number of pyridine rings is 1. The van der Waals surface area contributed by atoms with E-state index in [9.17, 15) is 0 Å². The van der Waals surface area contributed by atoms with Crippen LogP contribution >= 0.6 is 0 Å². The molecular weight excluding hydrogens is 258 g/mol. The van der Waals surface area contributed by atoms with Crippen molar-refractivity contribution in [2.24, 2.45) is 11.7 Å². The van der Waals surface area contributed by atoms with Crippen molar-refractivity contribution in [1.82, 2.24) is 4.98 Å². The van der Waals surface area contributed by atoms with Crippen molar-refractivity contribution in [2.75, 3.05) is 18.5 Å². The van der Waals surface area contributed by atoms with Gasteiger partial charge in [-0.05, 0) is 30.9 Å². The van der Waals surface area contributed by atoms with E-state index in [0.717, 1.165) is 29.4 Å². The minimum atomic E-state index is 0.544. The molecule has 1 saturated carbocycles. The Morgan fingerprint density at radius 2 is 1.95 bits per heavy atom. The van der Waals surface area contributed by atoms with Crippen molar-refractivity contribution in [1.29, 1.82) is 0 Å². The highest BCUT2D eigenvalue weighted by atomic mass is 15.2. The van der Waals surface area contributed by atoms with Gasteiger partial charge in [0.15, 0.2) is 0 Å². The van der Waals surface area contributed by atoms with Gasteiger partial charge in [-0.15, -0.1) is 0 Å². The van der Waals surface area contributed by atoms with Crippen LogP contribution in [0.2, 0.25) is 0 Å². The molecule has 21 heavy (non-hydrogen) atoms. The third-order valence-electron chi connectivity index (χ3n) is 4.62. The molecule has 0 bridgehead atoms. The van der Waals surface area contributed by atoms with E-state index in [1.165, 1.54) is 37.5 Å². The molecule has 1 aromatic heterocycles. The number of hydrogen-bond acceptors (Lipinski definition) is 3. The van der Waals surface area contributed by atoms with Crippen molar-refractivity contribution in [3.8, 4) is 0 Å². The summed E-state index contributed by atoms with van der Waals surface area (Å²) in [7, 11) is 2.16. The van der Waals surface area contributed by atoms with Gasteiger partial charge < -0.3 is 10.6 Å². The summed E-state index contributed by atoms with van der Waals surface area (Å²) in [5, 5.41) is 1.17. The molecule has 0 spiro atoms.